The molecule has 4 heterocycles. The van der Waals surface area contributed by atoms with Crippen LogP contribution < -0.4 is 5.32 Å². The molecule has 4 rings (SSSR count). The minimum atomic E-state index is -3.80. The second kappa shape index (κ2) is 10.9. The number of sulfonamides is 1. The van der Waals surface area contributed by atoms with Crippen molar-refractivity contribution in [2.45, 2.75) is 56.9 Å². The number of likely N-dealkylation sites (tertiary alicyclic amines) is 1. The number of nitrogens with one attached hydrogen (secondary N) is 1. The third-order valence-electron chi connectivity index (χ3n) is 6.84. The van der Waals surface area contributed by atoms with Gasteiger partial charge in [-0.05, 0) is 70.4 Å². The molecule has 10 heteroatoms. The quantitative estimate of drug-likeness (QED) is 0.605. The van der Waals surface area contributed by atoms with Gasteiger partial charge in [0.1, 0.15) is 11.5 Å². The van der Waals surface area contributed by atoms with Gasteiger partial charge in [0, 0.05) is 38.1 Å². The summed E-state index contributed by atoms with van der Waals surface area (Å²) in [7, 11) is -3.80. The maximum absolute atomic E-state index is 13.4. The lowest BCUT2D eigenvalue weighted by atomic mass is 9.97. The molecule has 2 saturated heterocycles. The molecule has 2 aromatic rings. The van der Waals surface area contributed by atoms with Crippen molar-refractivity contribution in [1.29, 1.82) is 0 Å². The highest BCUT2D eigenvalue weighted by Gasteiger charge is 2.36. The van der Waals surface area contributed by atoms with Gasteiger partial charge in [-0.2, -0.15) is 4.31 Å². The van der Waals surface area contributed by atoms with E-state index >= 15 is 0 Å². The Morgan fingerprint density at radius 1 is 1.21 bits per heavy atom. The SMILES string of the molecule is Cc1noc(/C=C/c2ccco2)c1S(=O)(=O)N1CCC(C(=O)NCCN2CCCC[C@H]2C)CC1. The zero-order valence-electron chi connectivity index (χ0n) is 19.9. The van der Waals surface area contributed by atoms with Crippen LogP contribution in [0, 0.1) is 12.8 Å². The predicted molar refractivity (Wildman–Crippen MR) is 128 cm³/mol. The minimum Gasteiger partial charge on any atom is -0.465 e. The summed E-state index contributed by atoms with van der Waals surface area (Å²) in [5, 5.41) is 6.93. The van der Waals surface area contributed by atoms with Gasteiger partial charge in [-0.15, -0.1) is 0 Å². The highest BCUT2D eigenvalue weighted by atomic mass is 32.2. The first-order valence-electron chi connectivity index (χ1n) is 12.1. The van der Waals surface area contributed by atoms with Crippen molar-refractivity contribution in [2.24, 2.45) is 5.92 Å². The van der Waals surface area contributed by atoms with Crippen LogP contribution in [0.5, 0.6) is 0 Å². The van der Waals surface area contributed by atoms with Crippen LogP contribution in [0.15, 0.2) is 32.2 Å². The zero-order valence-corrected chi connectivity index (χ0v) is 20.7. The maximum Gasteiger partial charge on any atom is 0.248 e. The maximum atomic E-state index is 13.4. The Bertz CT molecular complexity index is 1080. The number of nitrogens with zero attached hydrogens (tertiary/aromatic N) is 3. The van der Waals surface area contributed by atoms with Crippen molar-refractivity contribution in [3.05, 3.63) is 35.6 Å². The Balaban J connectivity index is 1.32. The fraction of sp³-hybridized carbons (Fsp3) is 0.583. The van der Waals surface area contributed by atoms with Crippen LogP contribution in [0.3, 0.4) is 0 Å². The van der Waals surface area contributed by atoms with Crippen LogP contribution in [-0.4, -0.2) is 67.5 Å². The zero-order chi connectivity index (χ0) is 24.1. The van der Waals surface area contributed by atoms with Crippen LogP contribution in [0.1, 0.15) is 56.2 Å². The van der Waals surface area contributed by atoms with Gasteiger partial charge in [0.2, 0.25) is 15.9 Å². The molecular formula is C24H34N4O5S. The summed E-state index contributed by atoms with van der Waals surface area (Å²) in [6.45, 7) is 7.02. The summed E-state index contributed by atoms with van der Waals surface area (Å²) in [6.07, 6.45) is 9.43. The van der Waals surface area contributed by atoms with E-state index in [0.29, 0.717) is 36.9 Å². The van der Waals surface area contributed by atoms with Crippen molar-refractivity contribution in [3.63, 3.8) is 0 Å². The van der Waals surface area contributed by atoms with E-state index in [4.69, 9.17) is 8.94 Å². The number of hydrogen-bond acceptors (Lipinski definition) is 7. The standard InChI is InChI=1S/C24H34N4O5S/c1-18-6-3-4-13-27(18)16-12-25-24(29)20-10-14-28(15-11-20)34(30,31)23-19(2)26-33-22(23)9-8-21-7-5-17-32-21/h5,7-9,17-18,20H,3-4,6,10-16H2,1-2H3,(H,25,29)/b9-8+/t18-/m1/s1. The predicted octanol–water partition coefficient (Wildman–Crippen LogP) is 3.14. The van der Waals surface area contributed by atoms with E-state index in [1.54, 1.807) is 31.2 Å². The molecule has 2 aliphatic heterocycles. The van der Waals surface area contributed by atoms with E-state index in [-0.39, 0.29) is 35.6 Å². The molecule has 186 valence electrons. The fourth-order valence-electron chi connectivity index (χ4n) is 4.79. The fourth-order valence-corrected chi connectivity index (χ4v) is 6.51. The summed E-state index contributed by atoms with van der Waals surface area (Å²) in [4.78, 5) is 15.2. The molecule has 2 aliphatic rings. The van der Waals surface area contributed by atoms with E-state index in [9.17, 15) is 13.2 Å². The molecule has 34 heavy (non-hydrogen) atoms. The van der Waals surface area contributed by atoms with Gasteiger partial charge >= 0.3 is 0 Å². The molecule has 1 atom stereocenters. The number of hydrogen-bond donors (Lipinski definition) is 1. The number of amides is 1. The number of carbonyl (C=O) groups is 1. The normalized spacial score (nSPS) is 21.3. The summed E-state index contributed by atoms with van der Waals surface area (Å²) in [6, 6.07) is 4.08. The van der Waals surface area contributed by atoms with Gasteiger partial charge in [0.15, 0.2) is 10.7 Å². The molecule has 0 saturated carbocycles. The van der Waals surface area contributed by atoms with Crippen LogP contribution in [0.4, 0.5) is 0 Å². The van der Waals surface area contributed by atoms with Gasteiger partial charge in [-0.1, -0.05) is 11.6 Å². The van der Waals surface area contributed by atoms with Gasteiger partial charge in [0.25, 0.3) is 0 Å². The number of piperidine rings is 2. The first kappa shape index (κ1) is 24.7. The molecule has 0 aromatic carbocycles. The topological polar surface area (TPSA) is 109 Å². The lowest BCUT2D eigenvalue weighted by molar-refractivity contribution is -0.126. The summed E-state index contributed by atoms with van der Waals surface area (Å²) in [5.74, 6) is 0.594. The van der Waals surface area contributed by atoms with Crippen molar-refractivity contribution < 1.29 is 22.2 Å². The highest BCUT2D eigenvalue weighted by molar-refractivity contribution is 7.89. The van der Waals surface area contributed by atoms with Gasteiger partial charge in [-0.3, -0.25) is 9.69 Å². The van der Waals surface area contributed by atoms with Gasteiger partial charge in [-0.25, -0.2) is 8.42 Å². The molecule has 1 amide bonds. The Kier molecular flexibility index (Phi) is 7.90. The lowest BCUT2D eigenvalue weighted by Gasteiger charge is -2.34. The summed E-state index contributed by atoms with van der Waals surface area (Å²) >= 11 is 0. The van der Waals surface area contributed by atoms with Crippen LogP contribution in [-0.2, 0) is 14.8 Å². The second-order valence-corrected chi connectivity index (χ2v) is 11.0. The Morgan fingerprint density at radius 3 is 2.71 bits per heavy atom. The molecular weight excluding hydrogens is 456 g/mol. The smallest absolute Gasteiger partial charge is 0.248 e. The average molecular weight is 491 g/mol. The van der Waals surface area contributed by atoms with E-state index in [0.717, 1.165) is 13.1 Å². The van der Waals surface area contributed by atoms with E-state index < -0.39 is 10.0 Å². The minimum absolute atomic E-state index is 0.0185. The van der Waals surface area contributed by atoms with Crippen molar-refractivity contribution in [1.82, 2.24) is 19.7 Å². The van der Waals surface area contributed by atoms with Crippen LogP contribution in [0.25, 0.3) is 12.2 Å². The Morgan fingerprint density at radius 2 is 2.00 bits per heavy atom. The number of aromatic nitrogens is 1. The monoisotopic (exact) mass is 490 g/mol. The third-order valence-corrected chi connectivity index (χ3v) is 8.89. The molecule has 0 spiro atoms. The Hall–Kier alpha value is -2.43. The van der Waals surface area contributed by atoms with Gasteiger partial charge in [0.05, 0.1) is 6.26 Å². The molecule has 1 N–H and O–H groups in total. The van der Waals surface area contributed by atoms with E-state index in [1.807, 2.05) is 0 Å². The summed E-state index contributed by atoms with van der Waals surface area (Å²) < 4.78 is 38.7. The van der Waals surface area contributed by atoms with Gasteiger partial charge < -0.3 is 14.3 Å². The molecule has 2 aromatic heterocycles. The first-order chi connectivity index (χ1) is 16.4. The number of aryl methyl sites for hydroxylation is 1. The van der Waals surface area contributed by atoms with Crippen molar-refractivity contribution in [2.75, 3.05) is 32.7 Å². The first-order valence-corrected chi connectivity index (χ1v) is 13.5. The van der Waals surface area contributed by atoms with Crippen LogP contribution >= 0.6 is 0 Å². The number of rotatable bonds is 8. The van der Waals surface area contributed by atoms with E-state index in [2.05, 4.69) is 22.3 Å². The molecule has 0 unspecified atom stereocenters. The molecule has 0 aliphatic carbocycles. The number of furan rings is 1. The van der Waals surface area contributed by atoms with Crippen LogP contribution in [0.2, 0.25) is 0 Å². The summed E-state index contributed by atoms with van der Waals surface area (Å²) in [5.41, 5.74) is 0.311. The molecule has 0 radical (unpaired) electrons. The second-order valence-electron chi connectivity index (χ2n) is 9.16. The lowest BCUT2D eigenvalue weighted by Crippen LogP contribution is -2.46. The highest BCUT2D eigenvalue weighted by Crippen LogP contribution is 2.29. The Labute approximate surface area is 201 Å². The largest absolute Gasteiger partial charge is 0.465 e. The molecule has 9 nitrogen and oxygen atoms in total. The third kappa shape index (κ3) is 5.61. The average Bonchev–Trinajstić information content (AvgIpc) is 3.48. The number of carbonyl (C=O) groups excluding carboxylic acids is 1. The van der Waals surface area contributed by atoms with Crippen molar-refractivity contribution >= 4 is 28.1 Å². The molecule has 2 fully saturated rings. The van der Waals surface area contributed by atoms with Crippen molar-refractivity contribution in [3.8, 4) is 0 Å². The van der Waals surface area contributed by atoms with E-state index in [1.165, 1.54) is 29.8 Å². The molecule has 0 bridgehead atoms.